The van der Waals surface area contributed by atoms with Crippen molar-refractivity contribution in [3.05, 3.63) is 42.6 Å². The summed E-state index contributed by atoms with van der Waals surface area (Å²) in [7, 11) is 0. The maximum atomic E-state index is 12.9. The first-order valence-electron chi connectivity index (χ1n) is 8.72. The van der Waals surface area contributed by atoms with Crippen molar-refractivity contribution in [1.82, 2.24) is 19.4 Å². The van der Waals surface area contributed by atoms with E-state index in [1.54, 1.807) is 6.20 Å². The van der Waals surface area contributed by atoms with Crippen molar-refractivity contribution >= 4 is 5.91 Å². The molecule has 2 aliphatic rings. The third-order valence-electron chi connectivity index (χ3n) is 4.87. The highest BCUT2D eigenvalue weighted by atomic mass is 16.5. The Bertz CT molecular complexity index is 712. The number of rotatable bonds is 4. The summed E-state index contributed by atoms with van der Waals surface area (Å²) < 4.78 is 13.3. The van der Waals surface area contributed by atoms with Gasteiger partial charge in [-0.2, -0.15) is 0 Å². The first kappa shape index (κ1) is 16.1. The SMILES string of the molecule is O=C(C1CCOCC1)N1Cc2cncn2C(COc2ccccn2)C1. The summed E-state index contributed by atoms with van der Waals surface area (Å²) in [6.07, 6.45) is 6.97. The van der Waals surface area contributed by atoms with E-state index in [2.05, 4.69) is 14.5 Å². The van der Waals surface area contributed by atoms with Gasteiger partial charge >= 0.3 is 0 Å². The van der Waals surface area contributed by atoms with Crippen molar-refractivity contribution in [1.29, 1.82) is 0 Å². The number of hydrogen-bond acceptors (Lipinski definition) is 5. The highest BCUT2D eigenvalue weighted by Gasteiger charge is 2.32. The van der Waals surface area contributed by atoms with Crippen LogP contribution in [0.1, 0.15) is 24.6 Å². The summed E-state index contributed by atoms with van der Waals surface area (Å²) >= 11 is 0. The Morgan fingerprint density at radius 2 is 2.20 bits per heavy atom. The molecule has 1 amide bonds. The second-order valence-corrected chi connectivity index (χ2v) is 6.53. The lowest BCUT2D eigenvalue weighted by atomic mass is 9.98. The fourth-order valence-electron chi connectivity index (χ4n) is 3.50. The van der Waals surface area contributed by atoms with Crippen molar-refractivity contribution in [2.75, 3.05) is 26.4 Å². The maximum Gasteiger partial charge on any atom is 0.226 e. The van der Waals surface area contributed by atoms with Gasteiger partial charge in [0.25, 0.3) is 0 Å². The van der Waals surface area contributed by atoms with Crippen LogP contribution < -0.4 is 4.74 Å². The normalized spacial score (nSPS) is 21.0. The van der Waals surface area contributed by atoms with Gasteiger partial charge in [-0.3, -0.25) is 4.79 Å². The van der Waals surface area contributed by atoms with Crippen molar-refractivity contribution < 1.29 is 14.3 Å². The first-order chi connectivity index (χ1) is 12.3. The lowest BCUT2D eigenvalue weighted by Crippen LogP contribution is -2.45. The molecule has 0 saturated carbocycles. The van der Waals surface area contributed by atoms with Crippen LogP contribution in [0, 0.1) is 5.92 Å². The number of imidazole rings is 1. The maximum absolute atomic E-state index is 12.9. The predicted octanol–water partition coefficient (Wildman–Crippen LogP) is 1.67. The molecule has 132 valence electrons. The van der Waals surface area contributed by atoms with Gasteiger partial charge < -0.3 is 18.9 Å². The van der Waals surface area contributed by atoms with Gasteiger partial charge in [-0.15, -0.1) is 0 Å². The fourth-order valence-corrected chi connectivity index (χ4v) is 3.50. The molecule has 0 aliphatic carbocycles. The molecule has 7 nitrogen and oxygen atoms in total. The molecule has 0 radical (unpaired) electrons. The molecule has 25 heavy (non-hydrogen) atoms. The topological polar surface area (TPSA) is 69.5 Å². The molecule has 2 aliphatic heterocycles. The van der Waals surface area contributed by atoms with Crippen LogP contribution in [0.25, 0.3) is 0 Å². The largest absolute Gasteiger partial charge is 0.475 e. The van der Waals surface area contributed by atoms with Crippen molar-refractivity contribution in [3.8, 4) is 5.88 Å². The smallest absolute Gasteiger partial charge is 0.226 e. The zero-order valence-electron chi connectivity index (χ0n) is 14.1. The van der Waals surface area contributed by atoms with Gasteiger partial charge in [-0.25, -0.2) is 9.97 Å². The number of carbonyl (C=O) groups is 1. The van der Waals surface area contributed by atoms with Crippen molar-refractivity contribution in [2.45, 2.75) is 25.4 Å². The number of carbonyl (C=O) groups excluding carboxylic acids is 1. The van der Waals surface area contributed by atoms with Crippen LogP contribution in [0.15, 0.2) is 36.9 Å². The monoisotopic (exact) mass is 342 g/mol. The number of hydrogen-bond donors (Lipinski definition) is 0. The van der Waals surface area contributed by atoms with Gasteiger partial charge in [0.1, 0.15) is 6.61 Å². The molecule has 2 aromatic heterocycles. The number of aromatic nitrogens is 3. The quantitative estimate of drug-likeness (QED) is 0.845. The lowest BCUT2D eigenvalue weighted by Gasteiger charge is -2.36. The van der Waals surface area contributed by atoms with E-state index < -0.39 is 0 Å². The number of nitrogens with zero attached hydrogens (tertiary/aromatic N) is 4. The van der Waals surface area contributed by atoms with Gasteiger partial charge in [0.2, 0.25) is 11.8 Å². The Labute approximate surface area is 146 Å². The molecule has 1 atom stereocenters. The molecule has 7 heteroatoms. The van der Waals surface area contributed by atoms with E-state index >= 15 is 0 Å². The van der Waals surface area contributed by atoms with E-state index in [0.717, 1.165) is 18.5 Å². The van der Waals surface area contributed by atoms with Crippen LogP contribution in [0.4, 0.5) is 0 Å². The lowest BCUT2D eigenvalue weighted by molar-refractivity contribution is -0.140. The number of amides is 1. The van der Waals surface area contributed by atoms with Crippen LogP contribution in [0.2, 0.25) is 0 Å². The summed E-state index contributed by atoms with van der Waals surface area (Å²) in [5.74, 6) is 0.885. The van der Waals surface area contributed by atoms with E-state index in [9.17, 15) is 4.79 Å². The molecular formula is C18H22N4O3. The third-order valence-corrected chi connectivity index (χ3v) is 4.87. The molecule has 0 aromatic carbocycles. The average Bonchev–Trinajstić information content (AvgIpc) is 3.16. The van der Waals surface area contributed by atoms with Gasteiger partial charge in [0, 0.05) is 44.1 Å². The van der Waals surface area contributed by atoms with Crippen LogP contribution >= 0.6 is 0 Å². The van der Waals surface area contributed by atoms with E-state index in [1.807, 2.05) is 35.6 Å². The molecule has 1 saturated heterocycles. The molecule has 4 rings (SSSR count). The predicted molar refractivity (Wildman–Crippen MR) is 90.0 cm³/mol. The molecule has 2 aromatic rings. The van der Waals surface area contributed by atoms with E-state index in [4.69, 9.17) is 9.47 Å². The second-order valence-electron chi connectivity index (χ2n) is 6.53. The van der Waals surface area contributed by atoms with E-state index in [1.165, 1.54) is 0 Å². The van der Waals surface area contributed by atoms with Crippen molar-refractivity contribution in [3.63, 3.8) is 0 Å². The summed E-state index contributed by atoms with van der Waals surface area (Å²) in [5, 5.41) is 0. The first-order valence-corrected chi connectivity index (χ1v) is 8.72. The second kappa shape index (κ2) is 7.23. The van der Waals surface area contributed by atoms with Gasteiger partial charge in [0.05, 0.1) is 24.6 Å². The Kier molecular flexibility index (Phi) is 4.65. The summed E-state index contributed by atoms with van der Waals surface area (Å²) in [6, 6.07) is 5.63. The van der Waals surface area contributed by atoms with Gasteiger partial charge in [0.15, 0.2) is 0 Å². The highest BCUT2D eigenvalue weighted by Crippen LogP contribution is 2.25. The molecular weight excluding hydrogens is 320 g/mol. The van der Waals surface area contributed by atoms with E-state index in [-0.39, 0.29) is 17.9 Å². The minimum absolute atomic E-state index is 0.0389. The number of pyridine rings is 1. The molecule has 4 heterocycles. The highest BCUT2D eigenvalue weighted by molar-refractivity contribution is 5.79. The number of fused-ring (bicyclic) bond motifs is 1. The van der Waals surface area contributed by atoms with E-state index in [0.29, 0.717) is 38.8 Å². The fraction of sp³-hybridized carbons (Fsp3) is 0.500. The standard InChI is InChI=1S/C18H22N4O3/c23-18(14-4-7-24-8-5-14)21-10-15-9-19-13-22(15)16(11-21)12-25-17-3-1-2-6-20-17/h1-3,6,9,13-14,16H,4-5,7-8,10-12H2. The van der Waals surface area contributed by atoms with Crippen LogP contribution in [-0.4, -0.2) is 51.7 Å². The molecule has 0 bridgehead atoms. The Morgan fingerprint density at radius 3 is 3.00 bits per heavy atom. The number of ether oxygens (including phenoxy) is 2. The third kappa shape index (κ3) is 3.51. The van der Waals surface area contributed by atoms with Crippen molar-refractivity contribution in [2.24, 2.45) is 5.92 Å². The molecule has 1 unspecified atom stereocenters. The van der Waals surface area contributed by atoms with Crippen LogP contribution in [0.5, 0.6) is 5.88 Å². The summed E-state index contributed by atoms with van der Waals surface area (Å²) in [5.41, 5.74) is 1.04. The van der Waals surface area contributed by atoms with Gasteiger partial charge in [-0.1, -0.05) is 6.07 Å². The zero-order chi connectivity index (χ0) is 17.1. The average molecular weight is 342 g/mol. The Hall–Kier alpha value is -2.41. The minimum Gasteiger partial charge on any atom is -0.475 e. The molecule has 0 spiro atoms. The Balaban J connectivity index is 1.46. The minimum atomic E-state index is 0.0389. The summed E-state index contributed by atoms with van der Waals surface area (Å²) in [4.78, 5) is 23.3. The van der Waals surface area contributed by atoms with Crippen LogP contribution in [0.3, 0.4) is 0 Å². The van der Waals surface area contributed by atoms with Gasteiger partial charge in [-0.05, 0) is 18.9 Å². The molecule has 1 fully saturated rings. The Morgan fingerprint density at radius 1 is 1.32 bits per heavy atom. The summed E-state index contributed by atoms with van der Waals surface area (Å²) in [6.45, 7) is 3.05. The molecule has 0 N–H and O–H groups in total. The van der Waals surface area contributed by atoms with Crippen LogP contribution in [-0.2, 0) is 16.1 Å². The zero-order valence-corrected chi connectivity index (χ0v) is 14.1.